The van der Waals surface area contributed by atoms with Crippen molar-refractivity contribution >= 4 is 0 Å². The first-order valence-corrected chi connectivity index (χ1v) is 4.95. The number of likely N-dealkylation sites (tertiary alicyclic amines) is 1. The molecule has 0 saturated carbocycles. The summed E-state index contributed by atoms with van der Waals surface area (Å²) in [6.07, 6.45) is 2.10. The van der Waals surface area contributed by atoms with Crippen molar-refractivity contribution in [2.75, 3.05) is 6.54 Å². The molecule has 1 heteroatoms. The molecule has 13 heavy (non-hydrogen) atoms. The molecule has 1 saturated heterocycles. The van der Waals surface area contributed by atoms with Gasteiger partial charge in [-0.2, -0.15) is 0 Å². The second-order valence-electron chi connectivity index (χ2n) is 3.55. The Morgan fingerprint density at radius 2 is 2.00 bits per heavy atom. The normalized spacial score (nSPS) is 21.3. The Kier molecular flexibility index (Phi) is 2.97. The molecule has 1 nitrogen and oxygen atoms in total. The first-order valence-electron chi connectivity index (χ1n) is 4.95. The summed E-state index contributed by atoms with van der Waals surface area (Å²) in [5, 5.41) is 0. The summed E-state index contributed by atoms with van der Waals surface area (Å²) >= 11 is 0. The minimum Gasteiger partial charge on any atom is -0.346 e. The zero-order chi connectivity index (χ0) is 10.0. The molecule has 1 aliphatic heterocycles. The van der Waals surface area contributed by atoms with Crippen molar-refractivity contribution in [1.29, 1.82) is 0 Å². The lowest BCUT2D eigenvalue weighted by Crippen LogP contribution is -2.13. The summed E-state index contributed by atoms with van der Waals surface area (Å²) in [5.74, 6) is 0. The summed E-state index contributed by atoms with van der Waals surface area (Å²) in [4.78, 5) is 2.20. The molecule has 0 aromatic rings. The Morgan fingerprint density at radius 1 is 1.38 bits per heavy atom. The second kappa shape index (κ2) is 3.82. The molecule has 0 aromatic carbocycles. The summed E-state index contributed by atoms with van der Waals surface area (Å²) in [7, 11) is 0. The van der Waals surface area contributed by atoms with Gasteiger partial charge in [0.05, 0.1) is 0 Å². The third kappa shape index (κ3) is 1.69. The molecule has 72 valence electrons. The van der Waals surface area contributed by atoms with Crippen LogP contribution in [0.1, 0.15) is 33.6 Å². The highest BCUT2D eigenvalue weighted by Gasteiger charge is 2.23. The minimum absolute atomic E-state index is 0.984. The van der Waals surface area contributed by atoms with E-state index in [4.69, 9.17) is 0 Å². The maximum atomic E-state index is 4.11. The van der Waals surface area contributed by atoms with E-state index in [9.17, 15) is 0 Å². The molecule has 0 atom stereocenters. The van der Waals surface area contributed by atoms with Crippen LogP contribution in [0.25, 0.3) is 0 Å². The molecule has 0 radical (unpaired) electrons. The van der Waals surface area contributed by atoms with Gasteiger partial charge in [0.1, 0.15) is 0 Å². The maximum absolute atomic E-state index is 4.11. The zero-order valence-corrected chi connectivity index (χ0v) is 8.98. The summed E-state index contributed by atoms with van der Waals surface area (Å²) in [6, 6.07) is 0. The van der Waals surface area contributed by atoms with Gasteiger partial charge in [-0.25, -0.2) is 0 Å². The Labute approximate surface area is 81.4 Å². The van der Waals surface area contributed by atoms with Crippen molar-refractivity contribution in [2.45, 2.75) is 33.6 Å². The van der Waals surface area contributed by atoms with Crippen molar-refractivity contribution in [1.82, 2.24) is 4.90 Å². The van der Waals surface area contributed by atoms with Crippen molar-refractivity contribution in [3.63, 3.8) is 0 Å². The Morgan fingerprint density at radius 3 is 2.38 bits per heavy atom. The van der Waals surface area contributed by atoms with E-state index in [1.165, 1.54) is 16.8 Å². The van der Waals surface area contributed by atoms with Gasteiger partial charge >= 0.3 is 0 Å². The fraction of sp³-hybridized carbons (Fsp3) is 0.500. The van der Waals surface area contributed by atoms with Crippen LogP contribution in [0.2, 0.25) is 0 Å². The van der Waals surface area contributed by atoms with Crippen molar-refractivity contribution in [3.05, 3.63) is 35.7 Å². The van der Waals surface area contributed by atoms with Crippen LogP contribution in [0, 0.1) is 0 Å². The summed E-state index contributed by atoms with van der Waals surface area (Å²) in [5.41, 5.74) is 5.19. The van der Waals surface area contributed by atoms with Gasteiger partial charge in [0, 0.05) is 24.4 Å². The van der Waals surface area contributed by atoms with Gasteiger partial charge in [-0.3, -0.25) is 0 Å². The van der Waals surface area contributed by atoms with E-state index in [1.807, 2.05) is 0 Å². The molecule has 0 bridgehead atoms. The smallest absolute Gasteiger partial charge is 0.0370 e. The van der Waals surface area contributed by atoms with Crippen molar-refractivity contribution in [3.8, 4) is 0 Å². The molecule has 0 amide bonds. The third-order valence-electron chi connectivity index (χ3n) is 2.80. The average Bonchev–Trinajstić information content (AvgIpc) is 2.40. The SMILES string of the molecule is C=C1C/C(=C(\C)CC)C(=C)N1CC. The van der Waals surface area contributed by atoms with Crippen LogP contribution in [-0.4, -0.2) is 11.4 Å². The minimum atomic E-state index is 0.984. The lowest BCUT2D eigenvalue weighted by Gasteiger charge is -2.17. The molecule has 0 aromatic heterocycles. The van der Waals surface area contributed by atoms with E-state index < -0.39 is 0 Å². The average molecular weight is 177 g/mol. The summed E-state index contributed by atoms with van der Waals surface area (Å²) < 4.78 is 0. The topological polar surface area (TPSA) is 3.24 Å². The van der Waals surface area contributed by atoms with Gasteiger partial charge in [-0.05, 0) is 25.8 Å². The summed E-state index contributed by atoms with van der Waals surface area (Å²) in [6.45, 7) is 15.7. The number of hydrogen-bond acceptors (Lipinski definition) is 1. The van der Waals surface area contributed by atoms with Crippen LogP contribution in [0.15, 0.2) is 35.7 Å². The Bertz CT molecular complexity index is 271. The van der Waals surface area contributed by atoms with E-state index in [0.29, 0.717) is 0 Å². The van der Waals surface area contributed by atoms with Crippen molar-refractivity contribution in [2.24, 2.45) is 0 Å². The Balaban J connectivity index is 2.97. The number of likely N-dealkylation sites (N-methyl/N-ethyl adjacent to an activating group) is 1. The highest BCUT2D eigenvalue weighted by atomic mass is 15.2. The molecule has 1 rings (SSSR count). The van der Waals surface area contributed by atoms with Crippen LogP contribution in [0.3, 0.4) is 0 Å². The predicted molar refractivity (Wildman–Crippen MR) is 58.3 cm³/mol. The van der Waals surface area contributed by atoms with Crippen LogP contribution < -0.4 is 0 Å². The fourth-order valence-corrected chi connectivity index (χ4v) is 1.78. The zero-order valence-electron chi connectivity index (χ0n) is 8.98. The molecule has 1 heterocycles. The number of hydrogen-bond donors (Lipinski definition) is 0. The lowest BCUT2D eigenvalue weighted by molar-refractivity contribution is 0.490. The van der Waals surface area contributed by atoms with E-state index in [0.717, 1.165) is 25.1 Å². The number of nitrogens with zero attached hydrogens (tertiary/aromatic N) is 1. The third-order valence-corrected chi connectivity index (χ3v) is 2.80. The van der Waals surface area contributed by atoms with Crippen LogP contribution in [0.5, 0.6) is 0 Å². The first kappa shape index (κ1) is 10.1. The van der Waals surface area contributed by atoms with Gasteiger partial charge in [0.25, 0.3) is 0 Å². The molecule has 0 unspecified atom stereocenters. The molecule has 0 spiro atoms. The number of rotatable bonds is 2. The Hall–Kier alpha value is -0.980. The fourth-order valence-electron chi connectivity index (χ4n) is 1.78. The molecular formula is C12H19N. The molecule has 1 fully saturated rings. The van der Waals surface area contributed by atoms with Gasteiger partial charge < -0.3 is 4.90 Å². The van der Waals surface area contributed by atoms with E-state index in [-0.39, 0.29) is 0 Å². The van der Waals surface area contributed by atoms with Gasteiger partial charge in [0.15, 0.2) is 0 Å². The van der Waals surface area contributed by atoms with E-state index in [1.54, 1.807) is 0 Å². The quantitative estimate of drug-likeness (QED) is 0.624. The van der Waals surface area contributed by atoms with Gasteiger partial charge in [0.2, 0.25) is 0 Å². The highest BCUT2D eigenvalue weighted by Crippen LogP contribution is 2.35. The standard InChI is InChI=1S/C12H19N/c1-6-9(3)12-8-10(4)13(7-2)11(12)5/h4-8H2,1-3H3/b12-9-. The monoisotopic (exact) mass is 177 g/mol. The van der Waals surface area contributed by atoms with Crippen molar-refractivity contribution < 1.29 is 0 Å². The number of allylic oxidation sites excluding steroid dienone is 3. The molecule has 0 N–H and O–H groups in total. The molecule has 1 aliphatic rings. The second-order valence-corrected chi connectivity index (χ2v) is 3.55. The molecule has 0 aliphatic carbocycles. The lowest BCUT2D eigenvalue weighted by atomic mass is 10.0. The van der Waals surface area contributed by atoms with Crippen LogP contribution in [-0.2, 0) is 0 Å². The van der Waals surface area contributed by atoms with Crippen LogP contribution >= 0.6 is 0 Å². The first-order chi connectivity index (χ1) is 6.11. The van der Waals surface area contributed by atoms with Crippen LogP contribution in [0.4, 0.5) is 0 Å². The largest absolute Gasteiger partial charge is 0.346 e. The maximum Gasteiger partial charge on any atom is 0.0370 e. The molecular weight excluding hydrogens is 158 g/mol. The predicted octanol–water partition coefficient (Wildman–Crippen LogP) is 3.47. The van der Waals surface area contributed by atoms with Gasteiger partial charge in [-0.1, -0.05) is 25.7 Å². The van der Waals surface area contributed by atoms with E-state index >= 15 is 0 Å². The highest BCUT2D eigenvalue weighted by molar-refractivity contribution is 5.42. The van der Waals surface area contributed by atoms with Gasteiger partial charge in [-0.15, -0.1) is 0 Å². The van der Waals surface area contributed by atoms with E-state index in [2.05, 4.69) is 38.8 Å².